The lowest BCUT2D eigenvalue weighted by atomic mass is 10.2. The molecule has 0 saturated carbocycles. The van der Waals surface area contributed by atoms with Gasteiger partial charge in [-0.1, -0.05) is 23.2 Å². The van der Waals surface area contributed by atoms with Crippen LogP contribution in [-0.2, 0) is 4.74 Å². The molecule has 1 aliphatic rings. The second kappa shape index (κ2) is 5.87. The fourth-order valence-electron chi connectivity index (χ4n) is 1.99. The summed E-state index contributed by atoms with van der Waals surface area (Å²) in [7, 11) is 1.74. The lowest BCUT2D eigenvalue weighted by Crippen LogP contribution is -2.34. The molecule has 1 atom stereocenters. The Morgan fingerprint density at radius 1 is 1.50 bits per heavy atom. The van der Waals surface area contributed by atoms with Gasteiger partial charge >= 0.3 is 0 Å². The Kier molecular flexibility index (Phi) is 4.43. The van der Waals surface area contributed by atoms with Crippen LogP contribution in [0.3, 0.4) is 0 Å². The number of hydrogen-bond acceptors (Lipinski definition) is 3. The summed E-state index contributed by atoms with van der Waals surface area (Å²) in [6.07, 6.45) is 2.18. The maximum atomic E-state index is 12.2. The molecular formula is C12H14Cl2N2O2. The number of likely N-dealkylation sites (N-methyl/N-ethyl adjacent to an activating group) is 1. The molecule has 1 fully saturated rings. The molecule has 0 radical (unpaired) electrons. The Morgan fingerprint density at radius 2 is 2.17 bits per heavy atom. The van der Waals surface area contributed by atoms with E-state index in [1.54, 1.807) is 11.9 Å². The zero-order valence-corrected chi connectivity index (χ0v) is 11.5. The van der Waals surface area contributed by atoms with Gasteiger partial charge < -0.3 is 9.64 Å². The first-order chi connectivity index (χ1) is 8.56. The molecule has 1 aromatic heterocycles. The predicted octanol–water partition coefficient (Wildman–Crippen LogP) is 2.64. The summed E-state index contributed by atoms with van der Waals surface area (Å²) in [5.41, 5.74) is 0.445. The van der Waals surface area contributed by atoms with Crippen molar-refractivity contribution in [1.82, 2.24) is 9.88 Å². The number of amides is 1. The third kappa shape index (κ3) is 3.34. The number of halogens is 2. The van der Waals surface area contributed by atoms with Crippen LogP contribution in [0.15, 0.2) is 12.1 Å². The van der Waals surface area contributed by atoms with Gasteiger partial charge in [0, 0.05) is 25.8 Å². The number of hydrogen-bond donors (Lipinski definition) is 0. The van der Waals surface area contributed by atoms with E-state index in [1.807, 2.05) is 0 Å². The van der Waals surface area contributed by atoms with E-state index in [0.29, 0.717) is 12.1 Å². The molecule has 18 heavy (non-hydrogen) atoms. The minimum Gasteiger partial charge on any atom is -0.376 e. The topological polar surface area (TPSA) is 42.4 Å². The number of carbonyl (C=O) groups excluding carboxylic acids is 1. The van der Waals surface area contributed by atoms with Crippen LogP contribution >= 0.6 is 23.2 Å². The van der Waals surface area contributed by atoms with E-state index in [1.165, 1.54) is 12.1 Å². The van der Waals surface area contributed by atoms with Crippen molar-refractivity contribution in [2.45, 2.75) is 18.9 Å². The number of carbonyl (C=O) groups is 1. The van der Waals surface area contributed by atoms with Crippen molar-refractivity contribution in [1.29, 1.82) is 0 Å². The maximum absolute atomic E-state index is 12.2. The predicted molar refractivity (Wildman–Crippen MR) is 70.2 cm³/mol. The van der Waals surface area contributed by atoms with Gasteiger partial charge in [-0.05, 0) is 25.0 Å². The molecule has 1 aromatic rings. The highest BCUT2D eigenvalue weighted by Crippen LogP contribution is 2.17. The van der Waals surface area contributed by atoms with E-state index < -0.39 is 0 Å². The average Bonchev–Trinajstić information content (AvgIpc) is 2.79. The fraction of sp³-hybridized carbons (Fsp3) is 0.500. The Bertz CT molecular complexity index is 427. The van der Waals surface area contributed by atoms with Crippen LogP contribution in [0, 0.1) is 0 Å². The highest BCUT2D eigenvalue weighted by atomic mass is 35.5. The summed E-state index contributed by atoms with van der Waals surface area (Å²) in [5.74, 6) is -0.128. The van der Waals surface area contributed by atoms with Crippen molar-refractivity contribution < 1.29 is 9.53 Å². The number of pyridine rings is 1. The van der Waals surface area contributed by atoms with Gasteiger partial charge in [-0.2, -0.15) is 0 Å². The van der Waals surface area contributed by atoms with Crippen LogP contribution < -0.4 is 0 Å². The van der Waals surface area contributed by atoms with Crippen molar-refractivity contribution in [2.75, 3.05) is 20.2 Å². The number of aromatic nitrogens is 1. The van der Waals surface area contributed by atoms with Crippen molar-refractivity contribution in [3.05, 3.63) is 28.0 Å². The van der Waals surface area contributed by atoms with Crippen LogP contribution in [0.2, 0.25) is 10.3 Å². The third-order valence-corrected chi connectivity index (χ3v) is 3.25. The van der Waals surface area contributed by atoms with Crippen LogP contribution in [-0.4, -0.2) is 42.1 Å². The van der Waals surface area contributed by atoms with Gasteiger partial charge in [-0.3, -0.25) is 4.79 Å². The first-order valence-electron chi connectivity index (χ1n) is 5.76. The molecule has 0 N–H and O–H groups in total. The SMILES string of the molecule is CN(CC1CCCO1)C(=O)c1cc(Cl)nc(Cl)c1. The van der Waals surface area contributed by atoms with Gasteiger partial charge in [0.1, 0.15) is 10.3 Å². The van der Waals surface area contributed by atoms with Gasteiger partial charge in [-0.25, -0.2) is 4.98 Å². The smallest absolute Gasteiger partial charge is 0.253 e. The molecule has 0 bridgehead atoms. The zero-order chi connectivity index (χ0) is 13.1. The summed E-state index contributed by atoms with van der Waals surface area (Å²) >= 11 is 11.6. The Labute approximate surface area is 116 Å². The van der Waals surface area contributed by atoms with Gasteiger partial charge in [-0.15, -0.1) is 0 Å². The molecule has 1 saturated heterocycles. The summed E-state index contributed by atoms with van der Waals surface area (Å²) in [4.78, 5) is 17.6. The molecule has 4 nitrogen and oxygen atoms in total. The summed E-state index contributed by atoms with van der Waals surface area (Å²) in [5, 5.41) is 0.438. The molecule has 0 aromatic carbocycles. The summed E-state index contributed by atoms with van der Waals surface area (Å²) in [6, 6.07) is 3.03. The van der Waals surface area contributed by atoms with Crippen LogP contribution in [0.5, 0.6) is 0 Å². The largest absolute Gasteiger partial charge is 0.376 e. The van der Waals surface area contributed by atoms with E-state index in [0.717, 1.165) is 19.4 Å². The minimum absolute atomic E-state index is 0.128. The summed E-state index contributed by atoms with van der Waals surface area (Å²) in [6.45, 7) is 1.36. The van der Waals surface area contributed by atoms with Gasteiger partial charge in [0.25, 0.3) is 5.91 Å². The Hall–Kier alpha value is -0.840. The van der Waals surface area contributed by atoms with E-state index >= 15 is 0 Å². The van der Waals surface area contributed by atoms with Crippen molar-refractivity contribution in [3.8, 4) is 0 Å². The van der Waals surface area contributed by atoms with Crippen LogP contribution in [0.25, 0.3) is 0 Å². The average molecular weight is 289 g/mol. The molecule has 1 aliphatic heterocycles. The Morgan fingerprint density at radius 3 is 2.72 bits per heavy atom. The fourth-order valence-corrected chi connectivity index (χ4v) is 2.45. The van der Waals surface area contributed by atoms with E-state index in [2.05, 4.69) is 4.98 Å². The lowest BCUT2D eigenvalue weighted by Gasteiger charge is -2.20. The molecule has 2 heterocycles. The molecule has 98 valence electrons. The monoisotopic (exact) mass is 288 g/mol. The van der Waals surface area contributed by atoms with Crippen LogP contribution in [0.4, 0.5) is 0 Å². The highest BCUT2D eigenvalue weighted by Gasteiger charge is 2.21. The second-order valence-electron chi connectivity index (χ2n) is 4.32. The molecule has 0 aliphatic carbocycles. The lowest BCUT2D eigenvalue weighted by molar-refractivity contribution is 0.0587. The van der Waals surface area contributed by atoms with Crippen molar-refractivity contribution in [3.63, 3.8) is 0 Å². The second-order valence-corrected chi connectivity index (χ2v) is 5.10. The van der Waals surface area contributed by atoms with Crippen LogP contribution in [0.1, 0.15) is 23.2 Å². The molecule has 0 spiro atoms. The normalized spacial score (nSPS) is 18.9. The zero-order valence-electron chi connectivity index (χ0n) is 10.0. The minimum atomic E-state index is -0.128. The van der Waals surface area contributed by atoms with Crippen molar-refractivity contribution in [2.24, 2.45) is 0 Å². The molecular weight excluding hydrogens is 275 g/mol. The first-order valence-corrected chi connectivity index (χ1v) is 6.52. The quantitative estimate of drug-likeness (QED) is 0.803. The van der Waals surface area contributed by atoms with Gasteiger partial charge in [0.05, 0.1) is 6.10 Å². The Balaban J connectivity index is 2.04. The first kappa shape index (κ1) is 13.6. The van der Waals surface area contributed by atoms with Gasteiger partial charge in [0.2, 0.25) is 0 Å². The number of nitrogens with zero attached hydrogens (tertiary/aromatic N) is 2. The highest BCUT2D eigenvalue weighted by molar-refractivity contribution is 6.33. The molecule has 1 unspecified atom stereocenters. The maximum Gasteiger partial charge on any atom is 0.253 e. The third-order valence-electron chi connectivity index (χ3n) is 2.86. The molecule has 6 heteroatoms. The number of rotatable bonds is 3. The summed E-state index contributed by atoms with van der Waals surface area (Å²) < 4.78 is 5.50. The van der Waals surface area contributed by atoms with Crippen molar-refractivity contribution >= 4 is 29.1 Å². The van der Waals surface area contributed by atoms with E-state index in [-0.39, 0.29) is 22.3 Å². The standard InChI is InChI=1S/C12H14Cl2N2O2/c1-16(7-9-3-2-4-18-9)12(17)8-5-10(13)15-11(14)6-8/h5-6,9H,2-4,7H2,1H3. The number of ether oxygens (including phenoxy) is 1. The van der Waals surface area contributed by atoms with E-state index in [9.17, 15) is 4.79 Å². The molecule has 1 amide bonds. The van der Waals surface area contributed by atoms with E-state index in [4.69, 9.17) is 27.9 Å². The van der Waals surface area contributed by atoms with Gasteiger partial charge in [0.15, 0.2) is 0 Å². The molecule has 2 rings (SSSR count).